The van der Waals surface area contributed by atoms with Crippen LogP contribution in [0.25, 0.3) is 0 Å². The second-order valence-electron chi connectivity index (χ2n) is 5.12. The average molecular weight is 256 g/mol. The van der Waals surface area contributed by atoms with Crippen molar-refractivity contribution in [1.29, 1.82) is 0 Å². The van der Waals surface area contributed by atoms with Gasteiger partial charge < -0.3 is 5.32 Å². The number of likely N-dealkylation sites (N-methyl/N-ethyl adjacent to an activating group) is 1. The molecule has 1 aliphatic carbocycles. The zero-order chi connectivity index (χ0) is 12.4. The largest absolute Gasteiger partial charge is 0.316 e. The topological polar surface area (TPSA) is 29.9 Å². The Balaban J connectivity index is 2.12. The fourth-order valence-corrected chi connectivity index (χ4v) is 3.24. The zero-order valence-electron chi connectivity index (χ0n) is 11.0. The van der Waals surface area contributed by atoms with Gasteiger partial charge in [-0.2, -0.15) is 5.10 Å². The first-order valence-corrected chi connectivity index (χ1v) is 6.86. The van der Waals surface area contributed by atoms with Crippen molar-refractivity contribution in [3.63, 3.8) is 0 Å². The summed E-state index contributed by atoms with van der Waals surface area (Å²) in [5.74, 6) is 0.802. The van der Waals surface area contributed by atoms with E-state index in [2.05, 4.69) is 17.5 Å². The van der Waals surface area contributed by atoms with Crippen LogP contribution in [0.3, 0.4) is 0 Å². The summed E-state index contributed by atoms with van der Waals surface area (Å²) in [6, 6.07) is 0.540. The summed E-state index contributed by atoms with van der Waals surface area (Å²) in [6.07, 6.45) is 6.45. The number of aromatic nitrogens is 2. The van der Waals surface area contributed by atoms with Gasteiger partial charge in [0.05, 0.1) is 5.69 Å². The van der Waals surface area contributed by atoms with Gasteiger partial charge in [0, 0.05) is 18.7 Å². The third kappa shape index (κ3) is 2.66. The van der Waals surface area contributed by atoms with E-state index in [-0.39, 0.29) is 0 Å². The minimum absolute atomic E-state index is 0.540. The molecule has 1 N–H and O–H groups in total. The lowest BCUT2D eigenvalue weighted by atomic mass is 9.92. The second-order valence-corrected chi connectivity index (χ2v) is 5.48. The van der Waals surface area contributed by atoms with Crippen LogP contribution in [0.5, 0.6) is 0 Å². The Morgan fingerprint density at radius 1 is 1.47 bits per heavy atom. The number of nitrogens with one attached hydrogen (secondary N) is 1. The number of aryl methyl sites for hydroxylation is 2. The van der Waals surface area contributed by atoms with Crippen LogP contribution in [0.4, 0.5) is 0 Å². The third-order valence-electron chi connectivity index (χ3n) is 4.03. The van der Waals surface area contributed by atoms with Crippen molar-refractivity contribution in [2.45, 2.75) is 45.1 Å². The standard InChI is InChI=1S/C13H22ClN3/c1-9-11(13(14)17(3)16-9)8-12(15-2)10-6-4-5-7-10/h10,12,15H,4-8H2,1-3H3. The zero-order valence-corrected chi connectivity index (χ0v) is 11.7. The van der Waals surface area contributed by atoms with Crippen LogP contribution >= 0.6 is 11.6 Å². The monoisotopic (exact) mass is 255 g/mol. The Morgan fingerprint density at radius 3 is 2.59 bits per heavy atom. The summed E-state index contributed by atoms with van der Waals surface area (Å²) in [4.78, 5) is 0. The molecule has 0 amide bonds. The van der Waals surface area contributed by atoms with Crippen LogP contribution in [-0.2, 0) is 13.5 Å². The van der Waals surface area contributed by atoms with Gasteiger partial charge in [-0.15, -0.1) is 0 Å². The number of halogens is 1. The van der Waals surface area contributed by atoms with Gasteiger partial charge in [-0.1, -0.05) is 24.4 Å². The molecule has 0 radical (unpaired) electrons. The van der Waals surface area contributed by atoms with Gasteiger partial charge in [0.2, 0.25) is 0 Å². The highest BCUT2D eigenvalue weighted by Crippen LogP contribution is 2.30. The van der Waals surface area contributed by atoms with Crippen LogP contribution in [0.2, 0.25) is 5.15 Å². The van der Waals surface area contributed by atoms with Crippen LogP contribution in [0.1, 0.15) is 36.9 Å². The van der Waals surface area contributed by atoms with Crippen molar-refractivity contribution >= 4 is 11.6 Å². The molecule has 1 saturated carbocycles. The quantitative estimate of drug-likeness (QED) is 0.897. The maximum Gasteiger partial charge on any atom is 0.130 e. The van der Waals surface area contributed by atoms with Crippen molar-refractivity contribution in [2.75, 3.05) is 7.05 Å². The molecule has 96 valence electrons. The van der Waals surface area contributed by atoms with Gasteiger partial charge >= 0.3 is 0 Å². The van der Waals surface area contributed by atoms with E-state index in [0.29, 0.717) is 6.04 Å². The lowest BCUT2D eigenvalue weighted by Crippen LogP contribution is -2.34. The van der Waals surface area contributed by atoms with Crippen LogP contribution in [0.15, 0.2) is 0 Å². The Morgan fingerprint density at radius 2 is 2.12 bits per heavy atom. The third-order valence-corrected chi connectivity index (χ3v) is 4.51. The highest BCUT2D eigenvalue weighted by molar-refractivity contribution is 6.30. The first kappa shape index (κ1) is 12.9. The molecule has 0 aromatic carbocycles. The maximum absolute atomic E-state index is 6.29. The van der Waals surface area contributed by atoms with Crippen molar-refractivity contribution in [1.82, 2.24) is 15.1 Å². The summed E-state index contributed by atoms with van der Waals surface area (Å²) >= 11 is 6.29. The van der Waals surface area contributed by atoms with E-state index in [1.807, 2.05) is 14.0 Å². The molecule has 4 heteroatoms. The van der Waals surface area contributed by atoms with E-state index in [4.69, 9.17) is 11.6 Å². The van der Waals surface area contributed by atoms with E-state index in [0.717, 1.165) is 23.2 Å². The summed E-state index contributed by atoms with van der Waals surface area (Å²) in [7, 11) is 3.96. The molecule has 1 fully saturated rings. The first-order chi connectivity index (χ1) is 8.13. The lowest BCUT2D eigenvalue weighted by Gasteiger charge is -2.22. The summed E-state index contributed by atoms with van der Waals surface area (Å²) in [5, 5.41) is 8.63. The predicted octanol–water partition coefficient (Wildman–Crippen LogP) is 2.70. The van der Waals surface area contributed by atoms with Crippen molar-refractivity contribution in [2.24, 2.45) is 13.0 Å². The molecule has 1 heterocycles. The van der Waals surface area contributed by atoms with Crippen LogP contribution in [-0.4, -0.2) is 22.9 Å². The fraction of sp³-hybridized carbons (Fsp3) is 0.769. The molecule has 0 bridgehead atoms. The van der Waals surface area contributed by atoms with Gasteiger partial charge in [-0.25, -0.2) is 0 Å². The summed E-state index contributed by atoms with van der Waals surface area (Å²) in [5.41, 5.74) is 2.27. The van der Waals surface area contributed by atoms with E-state index in [1.165, 1.54) is 31.2 Å². The predicted molar refractivity (Wildman–Crippen MR) is 71.5 cm³/mol. The highest BCUT2D eigenvalue weighted by atomic mass is 35.5. The molecular weight excluding hydrogens is 234 g/mol. The molecule has 0 aliphatic heterocycles. The smallest absolute Gasteiger partial charge is 0.130 e. The van der Waals surface area contributed by atoms with Crippen LogP contribution in [0, 0.1) is 12.8 Å². The average Bonchev–Trinajstić information content (AvgIpc) is 2.89. The molecule has 1 aromatic rings. The number of hydrogen-bond donors (Lipinski definition) is 1. The highest BCUT2D eigenvalue weighted by Gasteiger charge is 2.26. The molecule has 1 atom stereocenters. The van der Waals surface area contributed by atoms with E-state index >= 15 is 0 Å². The van der Waals surface area contributed by atoms with Gasteiger partial charge in [-0.3, -0.25) is 4.68 Å². The first-order valence-electron chi connectivity index (χ1n) is 6.48. The molecule has 0 saturated heterocycles. The lowest BCUT2D eigenvalue weighted by molar-refractivity contribution is 0.377. The van der Waals surface area contributed by atoms with Gasteiger partial charge in [-0.05, 0) is 39.2 Å². The van der Waals surface area contributed by atoms with E-state index in [1.54, 1.807) is 4.68 Å². The van der Waals surface area contributed by atoms with Gasteiger partial charge in [0.1, 0.15) is 5.15 Å². The maximum atomic E-state index is 6.29. The summed E-state index contributed by atoms with van der Waals surface area (Å²) < 4.78 is 1.77. The molecule has 1 aliphatic rings. The summed E-state index contributed by atoms with van der Waals surface area (Å²) in [6.45, 7) is 2.04. The van der Waals surface area contributed by atoms with Crippen molar-refractivity contribution in [3.8, 4) is 0 Å². The normalized spacial score (nSPS) is 18.8. The molecule has 0 spiro atoms. The Bertz CT molecular complexity index is 380. The van der Waals surface area contributed by atoms with Crippen molar-refractivity contribution < 1.29 is 0 Å². The number of rotatable bonds is 4. The Kier molecular flexibility index (Phi) is 4.10. The number of hydrogen-bond acceptors (Lipinski definition) is 2. The molecule has 1 unspecified atom stereocenters. The Labute approximate surface area is 109 Å². The molecular formula is C13H22ClN3. The van der Waals surface area contributed by atoms with E-state index in [9.17, 15) is 0 Å². The number of nitrogens with zero attached hydrogens (tertiary/aromatic N) is 2. The molecule has 2 rings (SSSR count). The fourth-order valence-electron chi connectivity index (χ4n) is 2.99. The minimum atomic E-state index is 0.540. The van der Waals surface area contributed by atoms with Gasteiger partial charge in [0.15, 0.2) is 0 Å². The van der Waals surface area contributed by atoms with Gasteiger partial charge in [0.25, 0.3) is 0 Å². The SMILES string of the molecule is CNC(Cc1c(C)nn(C)c1Cl)C1CCCC1. The molecule has 3 nitrogen and oxygen atoms in total. The Hall–Kier alpha value is -0.540. The minimum Gasteiger partial charge on any atom is -0.316 e. The van der Waals surface area contributed by atoms with Crippen molar-refractivity contribution in [3.05, 3.63) is 16.4 Å². The van der Waals surface area contributed by atoms with Crippen LogP contribution < -0.4 is 5.32 Å². The second kappa shape index (κ2) is 5.40. The molecule has 17 heavy (non-hydrogen) atoms. The van der Waals surface area contributed by atoms with E-state index < -0.39 is 0 Å². The molecule has 1 aromatic heterocycles.